The third-order valence-corrected chi connectivity index (χ3v) is 1.55. The Morgan fingerprint density at radius 1 is 1.33 bits per heavy atom. The minimum absolute atomic E-state index is 0.207. The Balaban J connectivity index is 2.47. The molecular weight excluding hydrogens is 155 g/mol. The van der Waals surface area contributed by atoms with Gasteiger partial charge in [0.2, 0.25) is 0 Å². The van der Waals surface area contributed by atoms with E-state index in [1.165, 1.54) is 18.5 Å². The molecular formula is C9H11FN2. The van der Waals surface area contributed by atoms with E-state index >= 15 is 0 Å². The summed E-state index contributed by atoms with van der Waals surface area (Å²) in [4.78, 5) is 3.85. The van der Waals surface area contributed by atoms with Crippen LogP contribution in [-0.2, 0) is 6.42 Å². The fraction of sp³-hybridized carbons (Fsp3) is 0.222. The number of benzene rings is 1. The van der Waals surface area contributed by atoms with Gasteiger partial charge in [0.15, 0.2) is 0 Å². The molecule has 64 valence electrons. The molecule has 1 rings (SSSR count). The van der Waals surface area contributed by atoms with Gasteiger partial charge >= 0.3 is 0 Å². The minimum Gasteiger partial charge on any atom is -0.390 e. The van der Waals surface area contributed by atoms with Gasteiger partial charge in [-0.15, -0.1) is 0 Å². The van der Waals surface area contributed by atoms with Crippen molar-refractivity contribution in [2.24, 2.45) is 10.7 Å². The van der Waals surface area contributed by atoms with Gasteiger partial charge in [-0.1, -0.05) is 12.1 Å². The van der Waals surface area contributed by atoms with Gasteiger partial charge in [-0.3, -0.25) is 4.99 Å². The zero-order valence-electron chi connectivity index (χ0n) is 6.70. The summed E-state index contributed by atoms with van der Waals surface area (Å²) in [5.74, 6) is -0.207. The first-order valence-electron chi connectivity index (χ1n) is 3.77. The van der Waals surface area contributed by atoms with Crippen LogP contribution in [0, 0.1) is 5.82 Å². The highest BCUT2D eigenvalue weighted by atomic mass is 19.1. The fourth-order valence-electron chi connectivity index (χ4n) is 0.919. The van der Waals surface area contributed by atoms with E-state index in [0.29, 0.717) is 6.54 Å². The summed E-state index contributed by atoms with van der Waals surface area (Å²) in [6.45, 7) is 0.655. The SMILES string of the molecule is NC=NCCc1ccc(F)cc1. The summed E-state index contributed by atoms with van der Waals surface area (Å²) in [5, 5.41) is 0. The Labute approximate surface area is 70.9 Å². The zero-order chi connectivity index (χ0) is 8.81. The van der Waals surface area contributed by atoms with E-state index in [-0.39, 0.29) is 5.82 Å². The average molecular weight is 166 g/mol. The first kappa shape index (κ1) is 8.71. The number of hydrogen-bond acceptors (Lipinski definition) is 1. The highest BCUT2D eigenvalue weighted by Gasteiger charge is 1.91. The highest BCUT2D eigenvalue weighted by Crippen LogP contribution is 2.02. The molecule has 0 amide bonds. The van der Waals surface area contributed by atoms with Gasteiger partial charge in [0, 0.05) is 6.54 Å². The molecule has 0 atom stereocenters. The van der Waals surface area contributed by atoms with Crippen LogP contribution in [-0.4, -0.2) is 12.9 Å². The number of hydrogen-bond donors (Lipinski definition) is 1. The van der Waals surface area contributed by atoms with E-state index in [2.05, 4.69) is 4.99 Å². The summed E-state index contributed by atoms with van der Waals surface area (Å²) in [5.41, 5.74) is 6.14. The topological polar surface area (TPSA) is 38.4 Å². The van der Waals surface area contributed by atoms with Crippen molar-refractivity contribution in [1.82, 2.24) is 0 Å². The van der Waals surface area contributed by atoms with Crippen LogP contribution >= 0.6 is 0 Å². The first-order chi connectivity index (χ1) is 5.83. The van der Waals surface area contributed by atoms with Gasteiger partial charge in [-0.05, 0) is 24.1 Å². The number of aliphatic imine (C=N–C) groups is 1. The standard InChI is InChI=1S/C9H11FN2/c10-9-3-1-8(2-4-9)5-6-12-7-11/h1-4,7H,5-6H2,(H2,11,12). The highest BCUT2D eigenvalue weighted by molar-refractivity contribution is 5.51. The van der Waals surface area contributed by atoms with Crippen molar-refractivity contribution in [3.63, 3.8) is 0 Å². The minimum atomic E-state index is -0.207. The van der Waals surface area contributed by atoms with Crippen molar-refractivity contribution in [3.8, 4) is 0 Å². The van der Waals surface area contributed by atoms with Gasteiger partial charge in [0.05, 0.1) is 6.34 Å². The Kier molecular flexibility index (Phi) is 3.26. The normalized spacial score (nSPS) is 10.8. The van der Waals surface area contributed by atoms with Crippen LogP contribution in [0.3, 0.4) is 0 Å². The molecule has 0 unspecified atom stereocenters. The zero-order valence-corrected chi connectivity index (χ0v) is 6.70. The van der Waals surface area contributed by atoms with Gasteiger partial charge in [0.1, 0.15) is 5.82 Å². The molecule has 0 saturated heterocycles. The van der Waals surface area contributed by atoms with Crippen LogP contribution in [0.1, 0.15) is 5.56 Å². The van der Waals surface area contributed by atoms with Gasteiger partial charge < -0.3 is 5.73 Å². The number of halogens is 1. The maximum absolute atomic E-state index is 12.4. The summed E-state index contributed by atoms with van der Waals surface area (Å²) >= 11 is 0. The molecule has 0 fully saturated rings. The Morgan fingerprint density at radius 2 is 2.00 bits per heavy atom. The molecule has 0 aliphatic heterocycles. The van der Waals surface area contributed by atoms with E-state index in [1.54, 1.807) is 12.1 Å². The molecule has 0 saturated carbocycles. The first-order valence-corrected chi connectivity index (χ1v) is 3.77. The molecule has 3 heteroatoms. The van der Waals surface area contributed by atoms with E-state index in [4.69, 9.17) is 5.73 Å². The average Bonchev–Trinajstić information content (AvgIpc) is 2.09. The molecule has 2 N–H and O–H groups in total. The summed E-state index contributed by atoms with van der Waals surface area (Å²) in [6, 6.07) is 6.39. The smallest absolute Gasteiger partial charge is 0.123 e. The number of nitrogens with zero attached hydrogens (tertiary/aromatic N) is 1. The molecule has 2 nitrogen and oxygen atoms in total. The molecule has 0 aromatic heterocycles. The second-order valence-electron chi connectivity index (χ2n) is 2.43. The summed E-state index contributed by atoms with van der Waals surface area (Å²) in [6.07, 6.45) is 2.08. The Morgan fingerprint density at radius 3 is 2.58 bits per heavy atom. The van der Waals surface area contributed by atoms with Crippen molar-refractivity contribution in [2.75, 3.05) is 6.54 Å². The second-order valence-corrected chi connectivity index (χ2v) is 2.43. The van der Waals surface area contributed by atoms with Gasteiger partial charge in [-0.25, -0.2) is 4.39 Å². The molecule has 1 aromatic carbocycles. The summed E-state index contributed by atoms with van der Waals surface area (Å²) in [7, 11) is 0. The maximum atomic E-state index is 12.4. The maximum Gasteiger partial charge on any atom is 0.123 e. The van der Waals surface area contributed by atoms with E-state index < -0.39 is 0 Å². The van der Waals surface area contributed by atoms with E-state index in [9.17, 15) is 4.39 Å². The van der Waals surface area contributed by atoms with Crippen molar-refractivity contribution in [2.45, 2.75) is 6.42 Å². The molecule has 0 heterocycles. The van der Waals surface area contributed by atoms with E-state index in [0.717, 1.165) is 12.0 Å². The van der Waals surface area contributed by atoms with Gasteiger partial charge in [-0.2, -0.15) is 0 Å². The van der Waals surface area contributed by atoms with Crippen LogP contribution in [0.15, 0.2) is 29.3 Å². The van der Waals surface area contributed by atoms with Crippen molar-refractivity contribution >= 4 is 6.34 Å². The summed E-state index contributed by atoms with van der Waals surface area (Å²) < 4.78 is 12.4. The lowest BCUT2D eigenvalue weighted by molar-refractivity contribution is 0.627. The third-order valence-electron chi connectivity index (χ3n) is 1.55. The molecule has 0 aliphatic carbocycles. The van der Waals surface area contributed by atoms with Crippen molar-refractivity contribution in [3.05, 3.63) is 35.6 Å². The van der Waals surface area contributed by atoms with E-state index in [1.807, 2.05) is 0 Å². The number of nitrogens with two attached hydrogens (primary N) is 1. The number of rotatable bonds is 3. The molecule has 0 aliphatic rings. The van der Waals surface area contributed by atoms with Crippen LogP contribution < -0.4 is 5.73 Å². The molecule has 0 bridgehead atoms. The lowest BCUT2D eigenvalue weighted by Crippen LogP contribution is -1.94. The predicted molar refractivity (Wildman–Crippen MR) is 47.7 cm³/mol. The molecule has 1 aromatic rings. The largest absolute Gasteiger partial charge is 0.390 e. The van der Waals surface area contributed by atoms with Crippen LogP contribution in [0.5, 0.6) is 0 Å². The monoisotopic (exact) mass is 166 g/mol. The predicted octanol–water partition coefficient (Wildman–Crippen LogP) is 1.36. The lowest BCUT2D eigenvalue weighted by atomic mass is 10.1. The Bertz CT molecular complexity index is 254. The van der Waals surface area contributed by atoms with Crippen molar-refractivity contribution in [1.29, 1.82) is 0 Å². The molecule has 0 spiro atoms. The van der Waals surface area contributed by atoms with Crippen LogP contribution in [0.25, 0.3) is 0 Å². The fourth-order valence-corrected chi connectivity index (χ4v) is 0.919. The quantitative estimate of drug-likeness (QED) is 0.534. The van der Waals surface area contributed by atoms with Crippen LogP contribution in [0.2, 0.25) is 0 Å². The molecule has 0 radical (unpaired) electrons. The van der Waals surface area contributed by atoms with Crippen LogP contribution in [0.4, 0.5) is 4.39 Å². The van der Waals surface area contributed by atoms with Crippen molar-refractivity contribution < 1.29 is 4.39 Å². The van der Waals surface area contributed by atoms with Gasteiger partial charge in [0.25, 0.3) is 0 Å². The molecule has 12 heavy (non-hydrogen) atoms. The third kappa shape index (κ3) is 2.70. The Hall–Kier alpha value is -1.38. The lowest BCUT2D eigenvalue weighted by Gasteiger charge is -1.96. The second kappa shape index (κ2) is 4.49.